The van der Waals surface area contributed by atoms with Crippen molar-refractivity contribution in [2.45, 2.75) is 0 Å². The molecule has 0 aromatic heterocycles. The lowest BCUT2D eigenvalue weighted by Gasteiger charge is -2.02. The van der Waals surface area contributed by atoms with Crippen LogP contribution in [0.1, 0.15) is 10.4 Å². The average Bonchev–Trinajstić information content (AvgIpc) is 2.49. The van der Waals surface area contributed by atoms with Gasteiger partial charge < -0.3 is 5.32 Å². The van der Waals surface area contributed by atoms with Crippen LogP contribution in [-0.4, -0.2) is 10.7 Å². The van der Waals surface area contributed by atoms with Crippen molar-refractivity contribution in [3.63, 3.8) is 0 Å². The first-order valence-electron chi connectivity index (χ1n) is 6.14. The lowest BCUT2D eigenvalue weighted by atomic mass is 10.1. The minimum Gasteiger partial charge on any atom is -0.356 e. The molecule has 7 heteroatoms. The summed E-state index contributed by atoms with van der Waals surface area (Å²) in [4.78, 5) is 22.3. The summed E-state index contributed by atoms with van der Waals surface area (Å²) in [5.41, 5.74) is 0.620. The monoisotopic (exact) mass is 380 g/mol. The van der Waals surface area contributed by atoms with E-state index in [1.807, 2.05) is 0 Å². The quantitative estimate of drug-likeness (QED) is 0.349. The van der Waals surface area contributed by atoms with Crippen LogP contribution in [-0.2, 0) is 0 Å². The van der Waals surface area contributed by atoms with Crippen molar-refractivity contribution in [1.29, 1.82) is 0 Å². The van der Waals surface area contributed by atoms with Gasteiger partial charge in [-0.2, -0.15) is 0 Å². The van der Waals surface area contributed by atoms with Gasteiger partial charge in [0, 0.05) is 33.4 Å². The molecule has 0 saturated carbocycles. The van der Waals surface area contributed by atoms with Crippen molar-refractivity contribution in [2.24, 2.45) is 0 Å². The number of hydrogen-bond donors (Lipinski definition) is 1. The summed E-state index contributed by atoms with van der Waals surface area (Å²) in [5, 5.41) is 13.9. The van der Waals surface area contributed by atoms with Gasteiger partial charge in [-0.1, -0.05) is 27.5 Å². The first kappa shape index (κ1) is 16.2. The smallest absolute Gasteiger partial charge is 0.294 e. The molecule has 2 aromatic carbocycles. The number of rotatable bonds is 5. The van der Waals surface area contributed by atoms with Crippen LogP contribution in [0.3, 0.4) is 0 Å². The number of nitrogens with one attached hydrogen (secondary N) is 1. The van der Waals surface area contributed by atoms with Crippen molar-refractivity contribution in [3.8, 4) is 0 Å². The fraction of sp³-hybridized carbons (Fsp3) is 0. The summed E-state index contributed by atoms with van der Waals surface area (Å²) in [6, 6.07) is 11.1. The number of nitro benzene ring substituents is 1. The molecule has 2 rings (SSSR count). The average molecular weight is 382 g/mol. The Hall–Kier alpha value is -2.18. The number of nitrogens with zero attached hydrogens (tertiary/aromatic N) is 1. The standard InChI is InChI=1S/C15H10BrClN2O3/c16-11-3-1-10(2-4-11)15(20)7-8-18-13-6-5-12(17)9-14(13)19(21)22/h1-9,18H. The van der Waals surface area contributed by atoms with Crippen molar-refractivity contribution in [1.82, 2.24) is 0 Å². The van der Waals surface area contributed by atoms with Gasteiger partial charge in [0.15, 0.2) is 5.78 Å². The van der Waals surface area contributed by atoms with Crippen LogP contribution >= 0.6 is 27.5 Å². The van der Waals surface area contributed by atoms with Gasteiger partial charge >= 0.3 is 0 Å². The largest absolute Gasteiger partial charge is 0.356 e. The topological polar surface area (TPSA) is 72.2 Å². The molecule has 0 fully saturated rings. The molecule has 0 atom stereocenters. The van der Waals surface area contributed by atoms with Crippen LogP contribution in [0.15, 0.2) is 59.2 Å². The van der Waals surface area contributed by atoms with Crippen LogP contribution in [0.5, 0.6) is 0 Å². The van der Waals surface area contributed by atoms with E-state index >= 15 is 0 Å². The number of anilines is 1. The Kier molecular flexibility index (Phi) is 5.30. The van der Waals surface area contributed by atoms with Crippen LogP contribution in [0, 0.1) is 10.1 Å². The SMILES string of the molecule is O=C(C=CNc1ccc(Cl)cc1[N+](=O)[O-])c1ccc(Br)cc1. The summed E-state index contributed by atoms with van der Waals surface area (Å²) in [5.74, 6) is -0.211. The maximum atomic E-state index is 11.9. The van der Waals surface area contributed by atoms with E-state index in [0.29, 0.717) is 5.56 Å². The molecular formula is C15H10BrClN2O3. The predicted octanol–water partition coefficient (Wildman–Crippen LogP) is 4.82. The third-order valence-corrected chi connectivity index (χ3v) is 3.52. The maximum Gasteiger partial charge on any atom is 0.294 e. The Morgan fingerprint density at radius 2 is 1.91 bits per heavy atom. The third-order valence-electron chi connectivity index (χ3n) is 2.76. The van der Waals surface area contributed by atoms with E-state index < -0.39 is 4.92 Å². The molecule has 0 saturated heterocycles. The highest BCUT2D eigenvalue weighted by molar-refractivity contribution is 9.10. The molecule has 0 heterocycles. The molecule has 0 aliphatic rings. The van der Waals surface area contributed by atoms with E-state index in [-0.39, 0.29) is 22.2 Å². The van der Waals surface area contributed by atoms with Crippen molar-refractivity contribution in [3.05, 3.63) is 79.9 Å². The van der Waals surface area contributed by atoms with Crippen LogP contribution < -0.4 is 5.32 Å². The molecule has 0 amide bonds. The minimum absolute atomic E-state index is 0.159. The van der Waals surface area contributed by atoms with Crippen LogP contribution in [0.4, 0.5) is 11.4 Å². The Labute approximate surface area is 139 Å². The Morgan fingerprint density at radius 3 is 2.55 bits per heavy atom. The number of nitro groups is 1. The Morgan fingerprint density at radius 1 is 1.23 bits per heavy atom. The number of carbonyl (C=O) groups is 1. The molecule has 1 N–H and O–H groups in total. The first-order valence-corrected chi connectivity index (χ1v) is 7.31. The summed E-state index contributed by atoms with van der Waals surface area (Å²) in [6.07, 6.45) is 2.67. The van der Waals surface area contributed by atoms with E-state index in [2.05, 4.69) is 21.2 Å². The fourth-order valence-corrected chi connectivity index (χ4v) is 2.13. The van der Waals surface area contributed by atoms with E-state index in [9.17, 15) is 14.9 Å². The molecule has 0 aliphatic carbocycles. The molecular weight excluding hydrogens is 372 g/mol. The minimum atomic E-state index is -0.543. The molecule has 0 unspecified atom stereocenters. The number of carbonyl (C=O) groups excluding carboxylic acids is 1. The maximum absolute atomic E-state index is 11.9. The molecule has 0 radical (unpaired) electrons. The Balaban J connectivity index is 2.11. The van der Waals surface area contributed by atoms with Gasteiger partial charge in [0.2, 0.25) is 0 Å². The highest BCUT2D eigenvalue weighted by Gasteiger charge is 2.13. The van der Waals surface area contributed by atoms with Crippen molar-refractivity contribution >= 4 is 44.7 Å². The lowest BCUT2D eigenvalue weighted by molar-refractivity contribution is -0.383. The van der Waals surface area contributed by atoms with Crippen LogP contribution in [0.25, 0.3) is 0 Å². The van der Waals surface area contributed by atoms with Gasteiger partial charge in [-0.25, -0.2) is 0 Å². The number of benzene rings is 2. The molecule has 0 aliphatic heterocycles. The van der Waals surface area contributed by atoms with E-state index in [0.717, 1.165) is 4.47 Å². The number of ketones is 1. The van der Waals surface area contributed by atoms with Crippen LogP contribution in [0.2, 0.25) is 5.02 Å². The second kappa shape index (κ2) is 7.20. The fourth-order valence-electron chi connectivity index (χ4n) is 1.70. The molecule has 0 spiro atoms. The van der Waals surface area contributed by atoms with Gasteiger partial charge in [0.1, 0.15) is 5.69 Å². The molecule has 112 valence electrons. The third kappa shape index (κ3) is 4.16. The van der Waals surface area contributed by atoms with Gasteiger partial charge in [-0.05, 0) is 36.4 Å². The molecule has 2 aromatic rings. The Bertz CT molecular complexity index is 745. The first-order chi connectivity index (χ1) is 10.5. The predicted molar refractivity (Wildman–Crippen MR) is 89.3 cm³/mol. The summed E-state index contributed by atoms with van der Waals surface area (Å²) < 4.78 is 0.878. The molecule has 22 heavy (non-hydrogen) atoms. The zero-order chi connectivity index (χ0) is 16.1. The summed E-state index contributed by atoms with van der Waals surface area (Å²) >= 11 is 9.02. The zero-order valence-corrected chi connectivity index (χ0v) is 13.5. The summed E-state index contributed by atoms with van der Waals surface area (Å²) in [7, 11) is 0. The normalized spacial score (nSPS) is 10.6. The van der Waals surface area contributed by atoms with Crippen molar-refractivity contribution < 1.29 is 9.72 Å². The zero-order valence-electron chi connectivity index (χ0n) is 11.1. The second-order valence-corrected chi connectivity index (χ2v) is 5.62. The van der Waals surface area contributed by atoms with E-state index in [4.69, 9.17) is 11.6 Å². The summed E-state index contributed by atoms with van der Waals surface area (Å²) in [6.45, 7) is 0. The lowest BCUT2D eigenvalue weighted by Crippen LogP contribution is -1.98. The number of hydrogen-bond acceptors (Lipinski definition) is 4. The highest BCUT2D eigenvalue weighted by atomic mass is 79.9. The van der Waals surface area contributed by atoms with Gasteiger partial charge in [0.05, 0.1) is 4.92 Å². The molecule has 0 bridgehead atoms. The van der Waals surface area contributed by atoms with Crippen molar-refractivity contribution in [2.75, 3.05) is 5.32 Å². The second-order valence-electron chi connectivity index (χ2n) is 4.27. The van der Waals surface area contributed by atoms with Gasteiger partial charge in [-0.3, -0.25) is 14.9 Å². The number of halogens is 2. The number of allylic oxidation sites excluding steroid dienone is 1. The van der Waals surface area contributed by atoms with E-state index in [1.165, 1.54) is 30.5 Å². The molecule has 5 nitrogen and oxygen atoms in total. The van der Waals surface area contributed by atoms with Gasteiger partial charge in [-0.15, -0.1) is 0 Å². The van der Waals surface area contributed by atoms with E-state index in [1.54, 1.807) is 24.3 Å². The highest BCUT2D eigenvalue weighted by Crippen LogP contribution is 2.27. The van der Waals surface area contributed by atoms with Gasteiger partial charge in [0.25, 0.3) is 5.69 Å².